The van der Waals surface area contributed by atoms with E-state index in [1.165, 1.54) is 33.4 Å². The van der Waals surface area contributed by atoms with Crippen LogP contribution in [0.1, 0.15) is 30.0 Å². The molecule has 34 heavy (non-hydrogen) atoms. The molecule has 0 aliphatic carbocycles. The first-order chi connectivity index (χ1) is 16.5. The van der Waals surface area contributed by atoms with Gasteiger partial charge in [-0.3, -0.25) is 4.31 Å². The topological polar surface area (TPSA) is 98.0 Å². The summed E-state index contributed by atoms with van der Waals surface area (Å²) in [6.45, 7) is 2.85. The van der Waals surface area contributed by atoms with E-state index >= 15 is 0 Å². The standard InChI is InChI=1S/C24H27N7S3/c1-33-30-9-7-18(8-10-30)31-14-20(16-3-2-4-17(12-16)22(25)32)19-6-5-15(11-21(19)31)13-27-24-29-28-23(26)34-24/h2-6,11-12,14,18H,7-10,13H2,1H3,(H2,25,32)(H2,26,28)(H,27,29). The number of piperidine rings is 1. The maximum absolute atomic E-state index is 5.92. The van der Waals surface area contributed by atoms with E-state index in [1.54, 1.807) is 0 Å². The lowest BCUT2D eigenvalue weighted by Gasteiger charge is -2.31. The Balaban J connectivity index is 1.53. The number of rotatable bonds is 7. The van der Waals surface area contributed by atoms with Crippen LogP contribution in [0, 0.1) is 0 Å². The van der Waals surface area contributed by atoms with Gasteiger partial charge in [0.1, 0.15) is 4.99 Å². The normalized spacial score (nSPS) is 15.1. The number of hydrogen-bond donors (Lipinski definition) is 3. The van der Waals surface area contributed by atoms with Crippen LogP contribution in [0.3, 0.4) is 0 Å². The highest BCUT2D eigenvalue weighted by Crippen LogP contribution is 2.37. The quantitative estimate of drug-likeness (QED) is 0.239. The van der Waals surface area contributed by atoms with Gasteiger partial charge in [0.15, 0.2) is 0 Å². The Morgan fingerprint density at radius 2 is 2.03 bits per heavy atom. The van der Waals surface area contributed by atoms with Crippen molar-refractivity contribution in [2.45, 2.75) is 25.4 Å². The Labute approximate surface area is 212 Å². The van der Waals surface area contributed by atoms with E-state index in [4.69, 9.17) is 23.7 Å². The van der Waals surface area contributed by atoms with Crippen molar-refractivity contribution in [2.75, 3.05) is 30.4 Å². The van der Waals surface area contributed by atoms with Crippen LogP contribution >= 0.6 is 35.5 Å². The summed E-state index contributed by atoms with van der Waals surface area (Å²) >= 11 is 8.42. The molecule has 1 fully saturated rings. The predicted molar refractivity (Wildman–Crippen MR) is 148 cm³/mol. The molecule has 4 aromatic rings. The number of thiocarbonyl (C=S) groups is 1. The molecule has 0 spiro atoms. The zero-order valence-corrected chi connectivity index (χ0v) is 21.3. The second-order valence-electron chi connectivity index (χ2n) is 8.39. The maximum atomic E-state index is 5.92. The minimum atomic E-state index is 0.417. The molecule has 0 amide bonds. The highest BCUT2D eigenvalue weighted by Gasteiger charge is 2.23. The first-order valence-electron chi connectivity index (χ1n) is 11.2. The van der Waals surface area contributed by atoms with Gasteiger partial charge < -0.3 is 21.4 Å². The van der Waals surface area contributed by atoms with Crippen LogP contribution in [0.25, 0.3) is 22.0 Å². The lowest BCUT2D eigenvalue weighted by molar-refractivity contribution is 0.296. The number of fused-ring (bicyclic) bond motifs is 1. The van der Waals surface area contributed by atoms with E-state index in [0.717, 1.165) is 42.2 Å². The molecule has 0 unspecified atom stereocenters. The maximum Gasteiger partial charge on any atom is 0.207 e. The smallest absolute Gasteiger partial charge is 0.207 e. The van der Waals surface area contributed by atoms with Crippen LogP contribution in [0.15, 0.2) is 48.7 Å². The van der Waals surface area contributed by atoms with Gasteiger partial charge in [-0.25, -0.2) is 0 Å². The van der Waals surface area contributed by atoms with E-state index in [-0.39, 0.29) is 0 Å². The summed E-state index contributed by atoms with van der Waals surface area (Å²) in [5.41, 5.74) is 17.3. The molecule has 1 aliphatic heterocycles. The number of nitrogen functional groups attached to an aromatic ring is 1. The van der Waals surface area contributed by atoms with Gasteiger partial charge in [-0.05, 0) is 42.4 Å². The van der Waals surface area contributed by atoms with Crippen LogP contribution in [0.2, 0.25) is 0 Å². The third kappa shape index (κ3) is 4.76. The molecule has 1 aliphatic rings. The van der Waals surface area contributed by atoms with Crippen molar-refractivity contribution in [3.63, 3.8) is 0 Å². The van der Waals surface area contributed by atoms with E-state index in [9.17, 15) is 0 Å². The second kappa shape index (κ2) is 9.91. The third-order valence-corrected chi connectivity index (χ3v) is 8.14. The fourth-order valence-corrected chi connectivity index (χ4v) is 5.77. The van der Waals surface area contributed by atoms with Crippen LogP contribution in [-0.2, 0) is 6.54 Å². The molecule has 3 heterocycles. The molecule has 2 aromatic carbocycles. The zero-order valence-electron chi connectivity index (χ0n) is 18.9. The minimum absolute atomic E-state index is 0.417. The Morgan fingerprint density at radius 3 is 2.74 bits per heavy atom. The summed E-state index contributed by atoms with van der Waals surface area (Å²) in [5.74, 6) is 0. The average molecular weight is 510 g/mol. The van der Waals surface area contributed by atoms with Crippen LogP contribution in [0.5, 0.6) is 0 Å². The molecular formula is C24H27N7S3. The lowest BCUT2D eigenvalue weighted by Crippen LogP contribution is -2.29. The second-order valence-corrected chi connectivity index (χ2v) is 10.7. The van der Waals surface area contributed by atoms with Crippen molar-refractivity contribution in [3.05, 3.63) is 59.8 Å². The van der Waals surface area contributed by atoms with Gasteiger partial charge in [-0.2, -0.15) is 0 Å². The van der Waals surface area contributed by atoms with Crippen LogP contribution in [-0.4, -0.2) is 43.4 Å². The van der Waals surface area contributed by atoms with Crippen molar-refractivity contribution >= 4 is 61.7 Å². The van der Waals surface area contributed by atoms with Crippen molar-refractivity contribution in [3.8, 4) is 11.1 Å². The van der Waals surface area contributed by atoms with E-state index in [1.807, 2.05) is 24.1 Å². The van der Waals surface area contributed by atoms with Gasteiger partial charge in [0, 0.05) is 53.9 Å². The van der Waals surface area contributed by atoms with Crippen LogP contribution < -0.4 is 16.8 Å². The lowest BCUT2D eigenvalue weighted by atomic mass is 10.0. The summed E-state index contributed by atoms with van der Waals surface area (Å²) in [5, 5.41) is 13.7. The molecule has 2 aromatic heterocycles. The van der Waals surface area contributed by atoms with Crippen molar-refractivity contribution < 1.29 is 0 Å². The summed E-state index contributed by atoms with van der Waals surface area (Å²) < 4.78 is 4.92. The minimum Gasteiger partial charge on any atom is -0.389 e. The first-order valence-corrected chi connectivity index (χ1v) is 13.6. The molecule has 10 heteroatoms. The zero-order chi connectivity index (χ0) is 23.7. The number of nitrogens with zero attached hydrogens (tertiary/aromatic N) is 4. The molecule has 0 bridgehead atoms. The number of hydrogen-bond acceptors (Lipinski definition) is 8. The van der Waals surface area contributed by atoms with Gasteiger partial charge in [0.2, 0.25) is 10.3 Å². The van der Waals surface area contributed by atoms with Gasteiger partial charge in [-0.1, -0.05) is 65.8 Å². The van der Waals surface area contributed by atoms with Crippen LogP contribution in [0.4, 0.5) is 10.3 Å². The summed E-state index contributed by atoms with van der Waals surface area (Å²) in [4.78, 5) is 0.417. The van der Waals surface area contributed by atoms with Gasteiger partial charge >= 0.3 is 0 Å². The van der Waals surface area contributed by atoms with E-state index in [2.05, 4.69) is 67.2 Å². The monoisotopic (exact) mass is 509 g/mol. The number of aromatic nitrogens is 3. The molecule has 0 radical (unpaired) electrons. The Bertz CT molecular complexity index is 1320. The molecule has 5 rings (SSSR count). The highest BCUT2D eigenvalue weighted by atomic mass is 32.2. The predicted octanol–water partition coefficient (Wildman–Crippen LogP) is 4.90. The molecule has 1 saturated heterocycles. The Kier molecular flexibility index (Phi) is 6.73. The Morgan fingerprint density at radius 1 is 1.21 bits per heavy atom. The average Bonchev–Trinajstić information content (AvgIpc) is 3.46. The number of nitrogens with one attached hydrogen (secondary N) is 1. The molecule has 0 saturated carbocycles. The fourth-order valence-electron chi connectivity index (χ4n) is 4.57. The van der Waals surface area contributed by atoms with Gasteiger partial charge in [-0.15, -0.1) is 10.2 Å². The summed E-state index contributed by atoms with van der Waals surface area (Å²) in [6.07, 6.45) is 6.72. The Hall–Kier alpha value is -2.66. The van der Waals surface area contributed by atoms with Crippen molar-refractivity contribution in [2.24, 2.45) is 5.73 Å². The van der Waals surface area contributed by atoms with Gasteiger partial charge in [0.05, 0.1) is 0 Å². The molecular weight excluding hydrogens is 483 g/mol. The molecule has 5 N–H and O–H groups in total. The number of anilines is 2. The SMILES string of the molecule is CSN1CCC(n2cc(-c3cccc(C(N)=S)c3)c3ccc(CNc4nnc(N)s4)cc32)CC1. The summed E-state index contributed by atoms with van der Waals surface area (Å²) in [7, 11) is 0. The molecule has 176 valence electrons. The molecule has 0 atom stereocenters. The van der Waals surface area contributed by atoms with Crippen molar-refractivity contribution in [1.82, 2.24) is 19.1 Å². The van der Waals surface area contributed by atoms with E-state index < -0.39 is 0 Å². The van der Waals surface area contributed by atoms with Gasteiger partial charge in [0.25, 0.3) is 0 Å². The highest BCUT2D eigenvalue weighted by molar-refractivity contribution is 7.96. The summed E-state index contributed by atoms with van der Waals surface area (Å²) in [6, 6.07) is 15.3. The number of nitrogens with two attached hydrogens (primary N) is 2. The number of benzene rings is 2. The van der Waals surface area contributed by atoms with Crippen molar-refractivity contribution in [1.29, 1.82) is 0 Å². The fraction of sp³-hybridized carbons (Fsp3) is 0.292. The largest absolute Gasteiger partial charge is 0.389 e. The first kappa shape index (κ1) is 23.1. The third-order valence-electron chi connectivity index (χ3n) is 6.32. The molecule has 7 nitrogen and oxygen atoms in total. The van der Waals surface area contributed by atoms with E-state index in [0.29, 0.717) is 22.7 Å².